The summed E-state index contributed by atoms with van der Waals surface area (Å²) in [5, 5.41) is 0. The zero-order valence-electron chi connectivity index (χ0n) is 32.1. The molecule has 0 saturated carbocycles. The molecule has 1 aliphatic heterocycles. The maximum atomic E-state index is 5.02. The van der Waals surface area contributed by atoms with Crippen LogP contribution in [0.4, 0.5) is 0 Å². The summed E-state index contributed by atoms with van der Waals surface area (Å²) in [7, 11) is 16.0. The molecule has 1 saturated heterocycles. The van der Waals surface area contributed by atoms with Gasteiger partial charge in [0, 0.05) is 63.8 Å². The molecule has 0 bridgehead atoms. The van der Waals surface area contributed by atoms with Crippen LogP contribution in [0.3, 0.4) is 0 Å². The van der Waals surface area contributed by atoms with E-state index in [9.17, 15) is 0 Å². The van der Waals surface area contributed by atoms with Gasteiger partial charge in [0.1, 0.15) is 0 Å². The van der Waals surface area contributed by atoms with Crippen LogP contribution in [0.2, 0.25) is 0 Å². The Balaban J connectivity index is -0.000000499. The zero-order valence-corrected chi connectivity index (χ0v) is 32.1. The Morgan fingerprint density at radius 3 is 1.58 bits per heavy atom. The standard InChI is InChI=1S/C10H19N.C9H20N2.C9H21NO2.C8H15N/c1-9(2)7-8-10(3,4)11(5)6;1-8(2)11(4)9-5-6-10(3)7-9;1-9(2)10(5-7-11-3)6-8-12-4;1-8(2)6-5-7-9(3)4/h9H,1-6H3;8-9H,5-7H2,1-4H3;9H,5-8H2,1-4H3;8H,7H2,1-4H3. The highest BCUT2D eigenvalue weighted by Gasteiger charge is 2.24. The number of ether oxygens (including phenoxy) is 2. The van der Waals surface area contributed by atoms with Crippen LogP contribution < -0.4 is 0 Å². The van der Waals surface area contributed by atoms with Crippen LogP contribution in [0.1, 0.15) is 75.7 Å². The molecule has 1 fully saturated rings. The summed E-state index contributed by atoms with van der Waals surface area (Å²) in [6.07, 6.45) is 1.34. The topological polar surface area (TPSA) is 34.7 Å². The molecule has 0 aliphatic carbocycles. The Morgan fingerprint density at radius 1 is 0.791 bits per heavy atom. The summed E-state index contributed by atoms with van der Waals surface area (Å²) in [6.45, 7) is 28.5. The van der Waals surface area contributed by atoms with Gasteiger partial charge in [0.2, 0.25) is 0 Å². The second-order valence-corrected chi connectivity index (χ2v) is 13.7. The molecule has 1 unspecified atom stereocenters. The minimum absolute atomic E-state index is 0.00424. The number of hydrogen-bond acceptors (Lipinski definition) is 7. The first-order valence-electron chi connectivity index (χ1n) is 16.3. The number of methoxy groups -OCH3 is 2. The van der Waals surface area contributed by atoms with Crippen molar-refractivity contribution in [1.29, 1.82) is 0 Å². The molecule has 1 aliphatic rings. The van der Waals surface area contributed by atoms with E-state index in [1.807, 2.05) is 14.1 Å². The van der Waals surface area contributed by atoms with Crippen molar-refractivity contribution in [2.24, 2.45) is 11.8 Å². The maximum Gasteiger partial charge on any atom is 0.0763 e. The Bertz CT molecular complexity index is 749. The van der Waals surface area contributed by atoms with Gasteiger partial charge < -0.3 is 14.4 Å². The van der Waals surface area contributed by atoms with Gasteiger partial charge in [-0.2, -0.15) is 0 Å². The Labute approximate surface area is 271 Å². The predicted molar refractivity (Wildman–Crippen MR) is 191 cm³/mol. The van der Waals surface area contributed by atoms with Gasteiger partial charge in [0.25, 0.3) is 0 Å². The fourth-order valence-corrected chi connectivity index (χ4v) is 3.55. The molecule has 1 heterocycles. The van der Waals surface area contributed by atoms with Crippen LogP contribution in [-0.4, -0.2) is 151 Å². The quantitative estimate of drug-likeness (QED) is 0.298. The minimum atomic E-state index is 0.00424. The van der Waals surface area contributed by atoms with Crippen LogP contribution >= 0.6 is 0 Å². The van der Waals surface area contributed by atoms with Gasteiger partial charge in [-0.05, 0) is 96.8 Å². The summed E-state index contributed by atoms with van der Waals surface area (Å²) in [4.78, 5) is 11.4. The van der Waals surface area contributed by atoms with Gasteiger partial charge in [0.15, 0.2) is 0 Å². The Kier molecular flexibility index (Phi) is 29.2. The molecule has 43 heavy (non-hydrogen) atoms. The lowest BCUT2D eigenvalue weighted by molar-refractivity contribution is 0.0967. The van der Waals surface area contributed by atoms with E-state index in [1.54, 1.807) is 14.2 Å². The molecular formula is C36H75N5O2. The molecule has 0 aromatic heterocycles. The van der Waals surface area contributed by atoms with Crippen molar-refractivity contribution in [1.82, 2.24) is 24.5 Å². The molecule has 0 aromatic carbocycles. The van der Waals surface area contributed by atoms with Gasteiger partial charge in [-0.15, -0.1) is 0 Å². The number of hydrogen-bond donors (Lipinski definition) is 0. The van der Waals surface area contributed by atoms with E-state index in [-0.39, 0.29) is 5.54 Å². The van der Waals surface area contributed by atoms with Crippen molar-refractivity contribution >= 4 is 0 Å². The third kappa shape index (κ3) is 29.3. The Hall–Kier alpha value is -1.16. The molecule has 0 amide bonds. The molecule has 1 rings (SSSR count). The summed E-state index contributed by atoms with van der Waals surface area (Å²) in [5.41, 5.74) is 0.00424. The summed E-state index contributed by atoms with van der Waals surface area (Å²) < 4.78 is 10.0. The van der Waals surface area contributed by atoms with E-state index in [2.05, 4.69) is 146 Å². The third-order valence-electron chi connectivity index (χ3n) is 7.22. The van der Waals surface area contributed by atoms with Crippen molar-refractivity contribution < 1.29 is 9.47 Å². The molecule has 1 atom stereocenters. The van der Waals surface area contributed by atoms with Crippen molar-refractivity contribution in [3.63, 3.8) is 0 Å². The number of rotatable bonds is 11. The Morgan fingerprint density at radius 2 is 1.28 bits per heavy atom. The molecule has 0 N–H and O–H groups in total. The highest BCUT2D eigenvalue weighted by Crippen LogP contribution is 2.14. The fraction of sp³-hybridized carbons (Fsp3) is 0.889. The smallest absolute Gasteiger partial charge is 0.0763 e. The first-order valence-corrected chi connectivity index (χ1v) is 16.3. The van der Waals surface area contributed by atoms with E-state index in [1.165, 1.54) is 19.5 Å². The molecule has 0 spiro atoms. The average molecular weight is 610 g/mol. The van der Waals surface area contributed by atoms with Crippen LogP contribution in [0.25, 0.3) is 0 Å². The van der Waals surface area contributed by atoms with Crippen molar-refractivity contribution in [3.05, 3.63) is 0 Å². The van der Waals surface area contributed by atoms with Crippen LogP contribution in [0.5, 0.6) is 0 Å². The van der Waals surface area contributed by atoms with Gasteiger partial charge in [-0.25, -0.2) is 0 Å². The molecule has 256 valence electrons. The summed E-state index contributed by atoms with van der Waals surface area (Å²) >= 11 is 0. The lowest BCUT2D eigenvalue weighted by Crippen LogP contribution is -2.38. The monoisotopic (exact) mass is 610 g/mol. The number of likely N-dealkylation sites (tertiary alicyclic amines) is 1. The second kappa shape index (κ2) is 27.2. The van der Waals surface area contributed by atoms with Crippen molar-refractivity contribution in [3.8, 4) is 23.7 Å². The highest BCUT2D eigenvalue weighted by atomic mass is 16.5. The first-order chi connectivity index (χ1) is 19.8. The maximum absolute atomic E-state index is 5.02. The van der Waals surface area contributed by atoms with Gasteiger partial charge in [-0.1, -0.05) is 51.4 Å². The van der Waals surface area contributed by atoms with Crippen LogP contribution in [0, 0.1) is 35.5 Å². The van der Waals surface area contributed by atoms with E-state index < -0.39 is 0 Å². The minimum Gasteiger partial charge on any atom is -0.383 e. The molecule has 7 heteroatoms. The first kappa shape index (κ1) is 46.3. The van der Waals surface area contributed by atoms with Gasteiger partial charge >= 0.3 is 0 Å². The van der Waals surface area contributed by atoms with Crippen molar-refractivity contribution in [2.45, 2.75) is 99.3 Å². The van der Waals surface area contributed by atoms with Crippen LogP contribution in [-0.2, 0) is 9.47 Å². The molecule has 0 aromatic rings. The normalized spacial score (nSPS) is 15.2. The molecule has 7 nitrogen and oxygen atoms in total. The number of likely N-dealkylation sites (N-methyl/N-ethyl adjacent to an activating group) is 2. The zero-order chi connectivity index (χ0) is 34.2. The summed E-state index contributed by atoms with van der Waals surface area (Å²) in [6, 6.07) is 2.04. The van der Waals surface area contributed by atoms with E-state index >= 15 is 0 Å². The lowest BCUT2D eigenvalue weighted by Gasteiger charge is -2.27. The van der Waals surface area contributed by atoms with E-state index in [0.717, 1.165) is 38.9 Å². The van der Waals surface area contributed by atoms with Gasteiger partial charge in [0.05, 0.1) is 25.3 Å². The molecular weight excluding hydrogens is 534 g/mol. The summed E-state index contributed by atoms with van der Waals surface area (Å²) in [5.74, 6) is 13.5. The van der Waals surface area contributed by atoms with Crippen molar-refractivity contribution in [2.75, 3.05) is 102 Å². The van der Waals surface area contributed by atoms with Gasteiger partial charge in [-0.3, -0.25) is 19.6 Å². The molecule has 0 radical (unpaired) electrons. The fourth-order valence-electron chi connectivity index (χ4n) is 3.55. The second-order valence-electron chi connectivity index (χ2n) is 13.7. The number of nitrogens with zero attached hydrogens (tertiary/aromatic N) is 5. The lowest BCUT2D eigenvalue weighted by atomic mass is 10.0. The highest BCUT2D eigenvalue weighted by molar-refractivity contribution is 5.15. The third-order valence-corrected chi connectivity index (χ3v) is 7.22. The van der Waals surface area contributed by atoms with E-state index in [0.29, 0.717) is 23.9 Å². The predicted octanol–water partition coefficient (Wildman–Crippen LogP) is 5.21. The van der Waals surface area contributed by atoms with Crippen LogP contribution in [0.15, 0.2) is 0 Å². The SMILES string of the molecule is CC(C)C#CC(C)(C)N(C)C.CC(C)C#CCN(C)C.CC(C)N(C)C1CCN(C)C1.COCCN(CCOC)C(C)C. The average Bonchev–Trinajstić information content (AvgIpc) is 3.33. The van der Waals surface area contributed by atoms with E-state index in [4.69, 9.17) is 9.47 Å². The largest absolute Gasteiger partial charge is 0.383 e.